The SMILES string of the molecule is CN1CN2c3cc4ccccc4cc3Sc3cccc1c32. The van der Waals surface area contributed by atoms with Gasteiger partial charge in [0.05, 0.1) is 23.7 Å². The van der Waals surface area contributed by atoms with Gasteiger partial charge in [-0.2, -0.15) is 0 Å². The van der Waals surface area contributed by atoms with E-state index in [1.165, 1.54) is 37.6 Å². The van der Waals surface area contributed by atoms with Crippen molar-refractivity contribution < 1.29 is 0 Å². The molecule has 21 heavy (non-hydrogen) atoms. The van der Waals surface area contributed by atoms with Crippen LogP contribution in [0.25, 0.3) is 10.8 Å². The van der Waals surface area contributed by atoms with Crippen LogP contribution in [-0.2, 0) is 0 Å². The van der Waals surface area contributed by atoms with E-state index in [9.17, 15) is 0 Å². The molecule has 2 aliphatic heterocycles. The Kier molecular flexibility index (Phi) is 2.17. The van der Waals surface area contributed by atoms with Crippen molar-refractivity contribution in [2.75, 3.05) is 23.5 Å². The van der Waals surface area contributed by atoms with Crippen molar-refractivity contribution in [3.8, 4) is 0 Å². The highest BCUT2D eigenvalue weighted by atomic mass is 32.2. The Labute approximate surface area is 128 Å². The minimum absolute atomic E-state index is 0.929. The minimum Gasteiger partial charge on any atom is -0.355 e. The molecule has 0 saturated carbocycles. The zero-order chi connectivity index (χ0) is 14.0. The van der Waals surface area contributed by atoms with Crippen molar-refractivity contribution in [3.05, 3.63) is 54.6 Å². The zero-order valence-corrected chi connectivity index (χ0v) is 12.5. The molecule has 0 spiro atoms. The zero-order valence-electron chi connectivity index (χ0n) is 11.7. The lowest BCUT2D eigenvalue weighted by molar-refractivity contribution is 0.936. The van der Waals surface area contributed by atoms with Gasteiger partial charge in [0, 0.05) is 16.8 Å². The van der Waals surface area contributed by atoms with Crippen LogP contribution in [0.5, 0.6) is 0 Å². The summed E-state index contributed by atoms with van der Waals surface area (Å²) in [6.45, 7) is 0.929. The molecule has 0 fully saturated rings. The molecule has 102 valence electrons. The summed E-state index contributed by atoms with van der Waals surface area (Å²) in [6, 6.07) is 19.9. The van der Waals surface area contributed by atoms with Gasteiger partial charge in [0.15, 0.2) is 0 Å². The molecular weight excluding hydrogens is 276 g/mol. The highest BCUT2D eigenvalue weighted by Crippen LogP contribution is 2.55. The number of fused-ring (bicyclic) bond motifs is 3. The van der Waals surface area contributed by atoms with E-state index in [1.807, 2.05) is 11.8 Å². The lowest BCUT2D eigenvalue weighted by Crippen LogP contribution is -2.25. The molecule has 2 aliphatic rings. The van der Waals surface area contributed by atoms with Crippen molar-refractivity contribution in [2.45, 2.75) is 9.79 Å². The van der Waals surface area contributed by atoms with E-state index in [1.54, 1.807) is 0 Å². The first-order valence-corrected chi connectivity index (χ1v) is 7.95. The topological polar surface area (TPSA) is 6.48 Å². The van der Waals surface area contributed by atoms with Gasteiger partial charge in [-0.25, -0.2) is 0 Å². The summed E-state index contributed by atoms with van der Waals surface area (Å²) in [4.78, 5) is 7.49. The average Bonchev–Trinajstić information content (AvgIpc) is 2.85. The van der Waals surface area contributed by atoms with Crippen molar-refractivity contribution >= 4 is 39.6 Å². The van der Waals surface area contributed by atoms with Crippen LogP contribution in [0.2, 0.25) is 0 Å². The van der Waals surface area contributed by atoms with Gasteiger partial charge in [-0.15, -0.1) is 0 Å². The summed E-state index contributed by atoms with van der Waals surface area (Å²) in [5.41, 5.74) is 4.04. The Balaban J connectivity index is 1.81. The fraction of sp³-hybridized carbons (Fsp3) is 0.111. The number of hydrogen-bond acceptors (Lipinski definition) is 3. The molecular formula is C18H14N2S. The third-order valence-corrected chi connectivity index (χ3v) is 5.45. The second kappa shape index (κ2) is 3.95. The molecule has 0 amide bonds. The molecule has 0 atom stereocenters. The maximum absolute atomic E-state index is 2.45. The monoisotopic (exact) mass is 290 g/mol. The molecule has 0 saturated heterocycles. The summed E-state index contributed by atoms with van der Waals surface area (Å²) in [6.07, 6.45) is 0. The van der Waals surface area contributed by atoms with Gasteiger partial charge in [0.2, 0.25) is 0 Å². The third kappa shape index (κ3) is 1.49. The lowest BCUT2D eigenvalue weighted by Gasteiger charge is -2.28. The molecule has 0 aromatic heterocycles. The smallest absolute Gasteiger partial charge is 0.0951 e. The van der Waals surface area contributed by atoms with Crippen LogP contribution in [0.15, 0.2) is 64.4 Å². The van der Waals surface area contributed by atoms with Gasteiger partial charge < -0.3 is 9.80 Å². The predicted molar refractivity (Wildman–Crippen MR) is 89.9 cm³/mol. The maximum atomic E-state index is 2.45. The van der Waals surface area contributed by atoms with E-state index in [2.05, 4.69) is 71.4 Å². The Hall–Kier alpha value is -2.13. The van der Waals surface area contributed by atoms with Gasteiger partial charge in [-0.05, 0) is 35.0 Å². The van der Waals surface area contributed by atoms with Crippen LogP contribution in [-0.4, -0.2) is 13.7 Å². The quantitative estimate of drug-likeness (QED) is 0.584. The molecule has 0 bridgehead atoms. The van der Waals surface area contributed by atoms with Crippen molar-refractivity contribution in [2.24, 2.45) is 0 Å². The van der Waals surface area contributed by atoms with Gasteiger partial charge >= 0.3 is 0 Å². The number of hydrogen-bond donors (Lipinski definition) is 0. The van der Waals surface area contributed by atoms with Crippen LogP contribution in [0, 0.1) is 0 Å². The Morgan fingerprint density at radius 1 is 0.857 bits per heavy atom. The van der Waals surface area contributed by atoms with E-state index < -0.39 is 0 Å². The van der Waals surface area contributed by atoms with Gasteiger partial charge in [0.25, 0.3) is 0 Å². The standard InChI is InChI=1S/C18H14N2S/c1-19-11-20-15-9-12-5-2-3-6-13(12)10-17(15)21-16-8-4-7-14(19)18(16)20/h2-10H,11H2,1H3. The Morgan fingerprint density at radius 2 is 1.67 bits per heavy atom. The maximum Gasteiger partial charge on any atom is 0.0951 e. The molecule has 0 unspecified atom stereocenters. The van der Waals surface area contributed by atoms with Crippen molar-refractivity contribution in [3.63, 3.8) is 0 Å². The Bertz CT molecular complexity index is 888. The summed E-state index contributed by atoms with van der Waals surface area (Å²) >= 11 is 1.89. The molecule has 0 aliphatic carbocycles. The molecule has 0 radical (unpaired) electrons. The van der Waals surface area contributed by atoms with Gasteiger partial charge in [-0.3, -0.25) is 0 Å². The second-order valence-electron chi connectivity index (χ2n) is 5.66. The summed E-state index contributed by atoms with van der Waals surface area (Å²) in [7, 11) is 2.17. The fourth-order valence-electron chi connectivity index (χ4n) is 3.35. The molecule has 3 aromatic carbocycles. The van der Waals surface area contributed by atoms with E-state index in [4.69, 9.17) is 0 Å². The van der Waals surface area contributed by atoms with Crippen LogP contribution in [0.1, 0.15) is 0 Å². The normalized spacial score (nSPS) is 15.3. The largest absolute Gasteiger partial charge is 0.355 e. The summed E-state index contributed by atoms with van der Waals surface area (Å²) in [5, 5.41) is 2.63. The van der Waals surface area contributed by atoms with Crippen molar-refractivity contribution in [1.82, 2.24) is 0 Å². The highest BCUT2D eigenvalue weighted by Gasteiger charge is 2.32. The minimum atomic E-state index is 0.929. The van der Waals surface area contributed by atoms with E-state index in [-0.39, 0.29) is 0 Å². The summed E-state index contributed by atoms with van der Waals surface area (Å²) in [5.74, 6) is 0. The first-order valence-electron chi connectivity index (χ1n) is 7.13. The van der Waals surface area contributed by atoms with E-state index in [0.29, 0.717) is 0 Å². The van der Waals surface area contributed by atoms with Crippen LogP contribution in [0.3, 0.4) is 0 Å². The first kappa shape index (κ1) is 11.5. The molecule has 0 N–H and O–H groups in total. The fourth-order valence-corrected chi connectivity index (χ4v) is 4.50. The highest BCUT2D eigenvalue weighted by molar-refractivity contribution is 7.99. The molecule has 3 aromatic rings. The summed E-state index contributed by atoms with van der Waals surface area (Å²) < 4.78 is 0. The number of rotatable bonds is 0. The Morgan fingerprint density at radius 3 is 2.52 bits per heavy atom. The number of nitrogens with zero attached hydrogens (tertiary/aromatic N) is 2. The first-order chi connectivity index (χ1) is 10.3. The number of anilines is 3. The van der Waals surface area contributed by atoms with Crippen molar-refractivity contribution in [1.29, 1.82) is 0 Å². The van der Waals surface area contributed by atoms with E-state index >= 15 is 0 Å². The van der Waals surface area contributed by atoms with Crippen LogP contribution < -0.4 is 9.80 Å². The number of para-hydroxylation sites is 1. The second-order valence-corrected chi connectivity index (χ2v) is 6.74. The third-order valence-electron chi connectivity index (χ3n) is 4.35. The van der Waals surface area contributed by atoms with Gasteiger partial charge in [-0.1, -0.05) is 42.1 Å². The molecule has 2 nitrogen and oxygen atoms in total. The lowest BCUT2D eigenvalue weighted by atomic mass is 10.1. The average molecular weight is 290 g/mol. The van der Waals surface area contributed by atoms with Gasteiger partial charge in [0.1, 0.15) is 0 Å². The molecule has 5 rings (SSSR count). The van der Waals surface area contributed by atoms with E-state index in [0.717, 1.165) is 6.67 Å². The predicted octanol–water partition coefficient (Wildman–Crippen LogP) is 4.85. The molecule has 2 heterocycles. The van der Waals surface area contributed by atoms with Crippen LogP contribution >= 0.6 is 11.8 Å². The molecule has 3 heteroatoms. The van der Waals surface area contributed by atoms with Crippen LogP contribution in [0.4, 0.5) is 17.1 Å². The number of benzene rings is 3.